The number of halogens is 1. The molecule has 1 heterocycles. The van der Waals surface area contributed by atoms with Crippen LogP contribution in [0.1, 0.15) is 13.3 Å². The number of hydrogen-bond acceptors (Lipinski definition) is 3. The number of nitrogens with zero attached hydrogens (tertiary/aromatic N) is 2. The monoisotopic (exact) mass is 171 g/mol. The lowest BCUT2D eigenvalue weighted by Gasteiger charge is -2.02. The molecule has 0 fully saturated rings. The highest BCUT2D eigenvalue weighted by atomic mass is 35.5. The van der Waals surface area contributed by atoms with Gasteiger partial charge in [-0.05, 0) is 19.4 Å². The molecule has 0 radical (unpaired) electrons. The Balaban J connectivity index is 2.91. The van der Waals surface area contributed by atoms with E-state index in [4.69, 9.17) is 17.3 Å². The maximum Gasteiger partial charge on any atom is 0.152 e. The molecule has 0 saturated heterocycles. The molecule has 0 aromatic carbocycles. The summed E-state index contributed by atoms with van der Waals surface area (Å²) >= 11 is 5.74. The van der Waals surface area contributed by atoms with Crippen LogP contribution < -0.4 is 5.73 Å². The van der Waals surface area contributed by atoms with Crippen LogP contribution in [0.15, 0.2) is 21.9 Å². The molecule has 0 aliphatic carbocycles. The molecular formula is C7H10ClN3. The number of aliphatic imine (C=N–C) groups is 2. The number of nitrogens with two attached hydrogens (primary N) is 1. The van der Waals surface area contributed by atoms with Crippen LogP contribution >= 0.6 is 11.6 Å². The molecule has 0 spiro atoms. The summed E-state index contributed by atoms with van der Waals surface area (Å²) in [4.78, 5) is 8.06. The number of hydrogen-bond donors (Lipinski definition) is 1. The van der Waals surface area contributed by atoms with E-state index in [1.165, 1.54) is 0 Å². The average Bonchev–Trinajstić information content (AvgIpc) is 1.95. The van der Waals surface area contributed by atoms with Crippen LogP contribution in [0.2, 0.25) is 0 Å². The van der Waals surface area contributed by atoms with Gasteiger partial charge in [0.15, 0.2) is 5.17 Å². The first-order valence-electron chi connectivity index (χ1n) is 3.41. The minimum atomic E-state index is 0.387. The Morgan fingerprint density at radius 2 is 2.36 bits per heavy atom. The van der Waals surface area contributed by atoms with Gasteiger partial charge < -0.3 is 5.73 Å². The van der Waals surface area contributed by atoms with Crippen LogP contribution in [0.3, 0.4) is 0 Å². The molecule has 0 aromatic heterocycles. The van der Waals surface area contributed by atoms with Crippen molar-refractivity contribution in [3.8, 4) is 0 Å². The summed E-state index contributed by atoms with van der Waals surface area (Å²) in [6.07, 6.45) is 2.65. The molecule has 2 N–H and O–H groups in total. The summed E-state index contributed by atoms with van der Waals surface area (Å²) in [6.45, 7) is 2.56. The first-order valence-corrected chi connectivity index (χ1v) is 3.79. The van der Waals surface area contributed by atoms with Crippen molar-refractivity contribution >= 4 is 22.5 Å². The molecule has 1 rings (SSSR count). The van der Waals surface area contributed by atoms with Gasteiger partial charge in [0.2, 0.25) is 0 Å². The van der Waals surface area contributed by atoms with Gasteiger partial charge in [-0.3, -0.25) is 4.99 Å². The molecular weight excluding hydrogens is 162 g/mol. The normalized spacial score (nSPS) is 28.7. The van der Waals surface area contributed by atoms with Crippen LogP contribution in [-0.4, -0.2) is 17.4 Å². The van der Waals surface area contributed by atoms with E-state index in [0.717, 1.165) is 18.7 Å². The zero-order valence-corrected chi connectivity index (χ0v) is 7.10. The van der Waals surface area contributed by atoms with Gasteiger partial charge in [-0.15, -0.1) is 0 Å². The van der Waals surface area contributed by atoms with Crippen molar-refractivity contribution in [2.24, 2.45) is 15.7 Å². The second-order valence-corrected chi connectivity index (χ2v) is 2.65. The van der Waals surface area contributed by atoms with E-state index in [1.54, 1.807) is 0 Å². The van der Waals surface area contributed by atoms with Gasteiger partial charge in [-0.1, -0.05) is 11.6 Å². The third-order valence-electron chi connectivity index (χ3n) is 1.36. The minimum Gasteiger partial charge on any atom is -0.384 e. The predicted molar refractivity (Wildman–Crippen MR) is 48.2 cm³/mol. The Morgan fingerprint density at radius 1 is 1.64 bits per heavy atom. The van der Waals surface area contributed by atoms with Crippen molar-refractivity contribution in [3.63, 3.8) is 0 Å². The Kier molecular flexibility index (Phi) is 2.65. The lowest BCUT2D eigenvalue weighted by Crippen LogP contribution is -2.08. The average molecular weight is 172 g/mol. The molecule has 0 unspecified atom stereocenters. The van der Waals surface area contributed by atoms with Crippen molar-refractivity contribution in [2.75, 3.05) is 6.54 Å². The Bertz CT molecular complexity index is 240. The van der Waals surface area contributed by atoms with Gasteiger partial charge in [-0.2, -0.15) is 0 Å². The molecule has 0 saturated carbocycles. The highest BCUT2D eigenvalue weighted by Crippen LogP contribution is 2.01. The summed E-state index contributed by atoms with van der Waals surface area (Å²) < 4.78 is 0. The molecule has 0 aromatic rings. The summed E-state index contributed by atoms with van der Waals surface area (Å²) in [5.41, 5.74) is 6.24. The molecule has 60 valence electrons. The summed E-state index contributed by atoms with van der Waals surface area (Å²) in [6, 6.07) is 0. The van der Waals surface area contributed by atoms with Crippen molar-refractivity contribution < 1.29 is 0 Å². The SMILES string of the molecule is CC1=NCC/C=C(N)\N=C/1Cl. The molecule has 0 amide bonds. The second kappa shape index (κ2) is 3.53. The fraction of sp³-hybridized carbons (Fsp3) is 0.429. The highest BCUT2D eigenvalue weighted by molar-refractivity contribution is 6.83. The van der Waals surface area contributed by atoms with E-state index in [9.17, 15) is 0 Å². The lowest BCUT2D eigenvalue weighted by atomic mass is 10.3. The second-order valence-electron chi connectivity index (χ2n) is 2.29. The third kappa shape index (κ3) is 2.35. The van der Waals surface area contributed by atoms with Crippen LogP contribution in [0.4, 0.5) is 0 Å². The van der Waals surface area contributed by atoms with Gasteiger partial charge in [0.05, 0.1) is 5.71 Å². The van der Waals surface area contributed by atoms with E-state index < -0.39 is 0 Å². The summed E-state index contributed by atoms with van der Waals surface area (Å²) in [5.74, 6) is 0.476. The fourth-order valence-electron chi connectivity index (χ4n) is 0.750. The van der Waals surface area contributed by atoms with E-state index in [-0.39, 0.29) is 0 Å². The molecule has 0 bridgehead atoms. The molecule has 0 atom stereocenters. The summed E-state index contributed by atoms with van der Waals surface area (Å²) in [7, 11) is 0. The van der Waals surface area contributed by atoms with Gasteiger partial charge >= 0.3 is 0 Å². The maximum absolute atomic E-state index is 5.74. The largest absolute Gasteiger partial charge is 0.384 e. The van der Waals surface area contributed by atoms with E-state index >= 15 is 0 Å². The smallest absolute Gasteiger partial charge is 0.152 e. The number of rotatable bonds is 0. The fourth-order valence-corrected chi connectivity index (χ4v) is 0.907. The van der Waals surface area contributed by atoms with E-state index in [0.29, 0.717) is 11.0 Å². The topological polar surface area (TPSA) is 50.7 Å². The van der Waals surface area contributed by atoms with Crippen LogP contribution in [0.5, 0.6) is 0 Å². The maximum atomic E-state index is 5.74. The molecule has 4 heteroatoms. The van der Waals surface area contributed by atoms with E-state index in [2.05, 4.69) is 9.98 Å². The van der Waals surface area contributed by atoms with Gasteiger partial charge in [0.1, 0.15) is 5.82 Å². The Hall–Kier alpha value is -0.830. The first-order chi connectivity index (χ1) is 5.20. The highest BCUT2D eigenvalue weighted by Gasteiger charge is 2.01. The standard InChI is InChI=1S/C7H10ClN3/c1-5-7(8)11-6(9)3-2-4-10-5/h3H,2,4,9H2,1H3/b6-3-,10-5?,11-7+. The Morgan fingerprint density at radius 3 is 3.09 bits per heavy atom. The summed E-state index contributed by atoms with van der Waals surface area (Å²) in [5, 5.41) is 0.387. The molecule has 3 nitrogen and oxygen atoms in total. The zero-order chi connectivity index (χ0) is 8.27. The third-order valence-corrected chi connectivity index (χ3v) is 1.72. The Labute approximate surface area is 70.7 Å². The molecule has 1 aliphatic heterocycles. The van der Waals surface area contributed by atoms with Crippen molar-refractivity contribution in [1.29, 1.82) is 0 Å². The first kappa shape index (κ1) is 8.27. The zero-order valence-electron chi connectivity index (χ0n) is 6.34. The predicted octanol–water partition coefficient (Wildman–Crippen LogP) is 1.29. The lowest BCUT2D eigenvalue weighted by molar-refractivity contribution is 0.983. The van der Waals surface area contributed by atoms with Crippen molar-refractivity contribution in [2.45, 2.75) is 13.3 Å². The van der Waals surface area contributed by atoms with Gasteiger partial charge in [-0.25, -0.2) is 4.99 Å². The quantitative estimate of drug-likeness (QED) is 0.587. The van der Waals surface area contributed by atoms with Crippen LogP contribution in [0.25, 0.3) is 0 Å². The molecule has 1 aliphatic rings. The van der Waals surface area contributed by atoms with Gasteiger partial charge in [0, 0.05) is 6.54 Å². The van der Waals surface area contributed by atoms with Crippen LogP contribution in [0, 0.1) is 0 Å². The van der Waals surface area contributed by atoms with Crippen LogP contribution in [-0.2, 0) is 0 Å². The van der Waals surface area contributed by atoms with Crippen molar-refractivity contribution in [3.05, 3.63) is 11.9 Å². The minimum absolute atomic E-state index is 0.387. The van der Waals surface area contributed by atoms with Gasteiger partial charge in [0.25, 0.3) is 0 Å². The molecule has 11 heavy (non-hydrogen) atoms. The van der Waals surface area contributed by atoms with Crippen molar-refractivity contribution in [1.82, 2.24) is 0 Å². The van der Waals surface area contributed by atoms with E-state index in [1.807, 2.05) is 13.0 Å².